The molecule has 0 spiro atoms. The van der Waals surface area contributed by atoms with Gasteiger partial charge in [-0.1, -0.05) is 48.2 Å². The molecule has 0 radical (unpaired) electrons. The van der Waals surface area contributed by atoms with E-state index < -0.39 is 6.61 Å². The van der Waals surface area contributed by atoms with Gasteiger partial charge in [-0.15, -0.1) is 11.3 Å². The van der Waals surface area contributed by atoms with Crippen LogP contribution in [0.15, 0.2) is 66.0 Å². The number of nitrogens with zero attached hydrogens (tertiary/aromatic N) is 2. The number of thioether (sulfide) groups is 1. The second kappa shape index (κ2) is 10.6. The van der Waals surface area contributed by atoms with Crippen LogP contribution in [0, 0.1) is 0 Å². The quantitative estimate of drug-likeness (QED) is 0.253. The van der Waals surface area contributed by atoms with Crippen LogP contribution in [0.1, 0.15) is 5.56 Å². The number of amides is 1. The molecule has 2 aromatic heterocycles. The Labute approximate surface area is 197 Å². The van der Waals surface area contributed by atoms with Crippen LogP contribution in [0.5, 0.6) is 11.5 Å². The molecule has 0 saturated carbocycles. The number of hydrogen-bond donors (Lipinski definition) is 1. The largest absolute Gasteiger partial charge is 0.493 e. The molecule has 0 fully saturated rings. The number of thiophene rings is 1. The van der Waals surface area contributed by atoms with E-state index in [4.69, 9.17) is 4.74 Å². The molecule has 0 bridgehead atoms. The lowest BCUT2D eigenvalue weighted by Gasteiger charge is -2.12. The molecule has 1 N–H and O–H groups in total. The number of benzene rings is 2. The van der Waals surface area contributed by atoms with Crippen LogP contribution in [0.3, 0.4) is 0 Å². The first-order chi connectivity index (χ1) is 16.0. The van der Waals surface area contributed by atoms with E-state index in [1.54, 1.807) is 23.5 Å². The van der Waals surface area contributed by atoms with Crippen molar-refractivity contribution in [2.24, 2.45) is 0 Å². The number of methoxy groups -OCH3 is 1. The molecule has 10 heteroatoms. The van der Waals surface area contributed by atoms with E-state index in [2.05, 4.69) is 20.0 Å². The third-order valence-corrected chi connectivity index (χ3v) is 6.72. The van der Waals surface area contributed by atoms with Gasteiger partial charge < -0.3 is 14.8 Å². The summed E-state index contributed by atoms with van der Waals surface area (Å²) in [7, 11) is 1.36. The molecule has 4 rings (SSSR count). The van der Waals surface area contributed by atoms with Gasteiger partial charge >= 0.3 is 6.61 Å². The van der Waals surface area contributed by atoms with Crippen molar-refractivity contribution < 1.29 is 23.0 Å². The van der Waals surface area contributed by atoms with Crippen LogP contribution in [-0.4, -0.2) is 35.3 Å². The fourth-order valence-corrected chi connectivity index (χ4v) is 4.97. The summed E-state index contributed by atoms with van der Waals surface area (Å²) in [6.45, 7) is -2.72. The molecular formula is C23H19F2N3O3S2. The highest BCUT2D eigenvalue weighted by atomic mass is 32.2. The predicted molar refractivity (Wildman–Crippen MR) is 125 cm³/mol. The molecule has 0 unspecified atom stereocenters. The van der Waals surface area contributed by atoms with E-state index in [-0.39, 0.29) is 29.7 Å². The van der Waals surface area contributed by atoms with Crippen LogP contribution >= 0.6 is 23.1 Å². The van der Waals surface area contributed by atoms with Crippen molar-refractivity contribution in [2.45, 2.75) is 18.2 Å². The fraction of sp³-hybridized carbons (Fsp3) is 0.174. The molecule has 2 aromatic carbocycles. The highest BCUT2D eigenvalue weighted by molar-refractivity contribution is 8.00. The maximum absolute atomic E-state index is 12.5. The van der Waals surface area contributed by atoms with Gasteiger partial charge in [-0.25, -0.2) is 9.97 Å². The molecule has 0 aliphatic rings. The Balaban J connectivity index is 1.38. The van der Waals surface area contributed by atoms with Gasteiger partial charge in [-0.2, -0.15) is 8.78 Å². The second-order valence-corrected chi connectivity index (χ2v) is 8.80. The van der Waals surface area contributed by atoms with Crippen molar-refractivity contribution >= 4 is 39.2 Å². The Morgan fingerprint density at radius 3 is 2.70 bits per heavy atom. The zero-order valence-corrected chi connectivity index (χ0v) is 19.1. The van der Waals surface area contributed by atoms with Crippen molar-refractivity contribution in [2.75, 3.05) is 12.9 Å². The molecule has 170 valence electrons. The molecular weight excluding hydrogens is 468 g/mol. The first-order valence-electron chi connectivity index (χ1n) is 9.84. The van der Waals surface area contributed by atoms with Gasteiger partial charge in [0.1, 0.15) is 16.2 Å². The Morgan fingerprint density at radius 1 is 1.12 bits per heavy atom. The van der Waals surface area contributed by atoms with Gasteiger partial charge in [0.05, 0.1) is 12.9 Å². The van der Waals surface area contributed by atoms with Gasteiger partial charge in [0.25, 0.3) is 0 Å². The van der Waals surface area contributed by atoms with Gasteiger partial charge in [0.2, 0.25) is 5.91 Å². The van der Waals surface area contributed by atoms with Crippen molar-refractivity contribution in [3.63, 3.8) is 0 Å². The molecule has 33 heavy (non-hydrogen) atoms. The summed E-state index contributed by atoms with van der Waals surface area (Å²) in [6.07, 6.45) is 1.50. The number of aromatic nitrogens is 2. The number of carbonyl (C=O) groups excluding carboxylic acids is 1. The number of hydrogen-bond acceptors (Lipinski definition) is 7. The van der Waals surface area contributed by atoms with Gasteiger partial charge in [-0.05, 0) is 29.3 Å². The summed E-state index contributed by atoms with van der Waals surface area (Å²) in [5, 5.41) is 4.47. The molecule has 0 aliphatic carbocycles. The number of carbonyl (C=O) groups is 1. The molecule has 0 saturated heterocycles. The Bertz CT molecular complexity index is 1250. The van der Waals surface area contributed by atoms with Crippen LogP contribution in [0.2, 0.25) is 0 Å². The summed E-state index contributed by atoms with van der Waals surface area (Å²) in [6, 6.07) is 16.6. The average molecular weight is 488 g/mol. The van der Waals surface area contributed by atoms with Crippen molar-refractivity contribution in [3.05, 3.63) is 66.5 Å². The Hall–Kier alpha value is -3.24. The van der Waals surface area contributed by atoms with Gasteiger partial charge in [0.15, 0.2) is 11.5 Å². The number of halogens is 2. The minimum Gasteiger partial charge on any atom is -0.493 e. The predicted octanol–water partition coefficient (Wildman–Crippen LogP) is 5.38. The summed E-state index contributed by atoms with van der Waals surface area (Å²) in [5.74, 6) is 0.104. The molecule has 1 amide bonds. The van der Waals surface area contributed by atoms with Crippen molar-refractivity contribution in [3.8, 4) is 21.9 Å². The third kappa shape index (κ3) is 5.77. The minimum absolute atomic E-state index is 0.0588. The summed E-state index contributed by atoms with van der Waals surface area (Å²) in [4.78, 5) is 23.0. The maximum Gasteiger partial charge on any atom is 0.387 e. The number of alkyl halides is 2. The summed E-state index contributed by atoms with van der Waals surface area (Å²) < 4.78 is 34.4. The van der Waals surface area contributed by atoms with E-state index in [1.165, 1.54) is 31.3 Å². The molecule has 0 atom stereocenters. The lowest BCUT2D eigenvalue weighted by atomic mass is 10.2. The van der Waals surface area contributed by atoms with E-state index in [1.807, 2.05) is 36.4 Å². The normalized spacial score (nSPS) is 11.0. The van der Waals surface area contributed by atoms with Crippen molar-refractivity contribution in [1.82, 2.24) is 15.3 Å². The molecule has 0 aliphatic heterocycles. The Morgan fingerprint density at radius 2 is 1.94 bits per heavy atom. The van der Waals surface area contributed by atoms with Crippen LogP contribution < -0.4 is 14.8 Å². The Kier molecular flexibility index (Phi) is 7.36. The standard InChI is InChI=1S/C23H19F2N3O3S2/c1-30-18-9-14(7-8-17(18)31-23(24)25)11-26-20(29)12-32-21-16-10-19(15-5-3-2-4-6-15)33-22(16)28-13-27-21/h2-10,13,23H,11-12H2,1H3,(H,26,29). The highest BCUT2D eigenvalue weighted by Gasteiger charge is 2.14. The van der Waals surface area contributed by atoms with E-state index in [0.717, 1.165) is 25.7 Å². The monoisotopic (exact) mass is 487 g/mol. The van der Waals surface area contributed by atoms with E-state index in [0.29, 0.717) is 5.56 Å². The number of fused-ring (bicyclic) bond motifs is 1. The van der Waals surface area contributed by atoms with Crippen LogP contribution in [-0.2, 0) is 11.3 Å². The number of ether oxygens (including phenoxy) is 2. The summed E-state index contributed by atoms with van der Waals surface area (Å²) in [5.41, 5.74) is 1.80. The average Bonchev–Trinajstić information content (AvgIpc) is 3.27. The first kappa shape index (κ1) is 22.9. The first-order valence-corrected chi connectivity index (χ1v) is 11.6. The zero-order chi connectivity index (χ0) is 23.2. The minimum atomic E-state index is -2.94. The third-order valence-electron chi connectivity index (χ3n) is 4.62. The van der Waals surface area contributed by atoms with Crippen molar-refractivity contribution in [1.29, 1.82) is 0 Å². The van der Waals surface area contributed by atoms with Gasteiger partial charge in [-0.3, -0.25) is 4.79 Å². The van der Waals surface area contributed by atoms with Gasteiger partial charge in [0, 0.05) is 16.8 Å². The second-order valence-electron chi connectivity index (χ2n) is 6.80. The highest BCUT2D eigenvalue weighted by Crippen LogP contribution is 2.36. The number of nitrogens with one attached hydrogen (secondary N) is 1. The fourth-order valence-electron chi connectivity index (χ4n) is 3.09. The maximum atomic E-state index is 12.5. The van der Waals surface area contributed by atoms with E-state index >= 15 is 0 Å². The zero-order valence-electron chi connectivity index (χ0n) is 17.5. The lowest BCUT2D eigenvalue weighted by molar-refractivity contribution is -0.118. The van der Waals surface area contributed by atoms with Crippen LogP contribution in [0.25, 0.3) is 20.7 Å². The van der Waals surface area contributed by atoms with E-state index in [9.17, 15) is 13.6 Å². The topological polar surface area (TPSA) is 73.3 Å². The SMILES string of the molecule is COc1cc(CNC(=O)CSc2ncnc3sc(-c4ccccc4)cc23)ccc1OC(F)F. The summed E-state index contributed by atoms with van der Waals surface area (Å²) >= 11 is 2.91. The number of rotatable bonds is 9. The van der Waals surface area contributed by atoms with Crippen LogP contribution in [0.4, 0.5) is 8.78 Å². The smallest absolute Gasteiger partial charge is 0.387 e. The molecule has 4 aromatic rings. The lowest BCUT2D eigenvalue weighted by Crippen LogP contribution is -2.24. The molecule has 2 heterocycles. The molecule has 6 nitrogen and oxygen atoms in total.